The molecule has 1 heterocycles. The van der Waals surface area contributed by atoms with Gasteiger partial charge in [-0.25, -0.2) is 0 Å². The van der Waals surface area contributed by atoms with Crippen LogP contribution in [-0.4, -0.2) is 27.1 Å². The summed E-state index contributed by atoms with van der Waals surface area (Å²) in [5.41, 5.74) is 1.64. The van der Waals surface area contributed by atoms with Crippen LogP contribution in [0.4, 0.5) is 0 Å². The zero-order valence-electron chi connectivity index (χ0n) is 11.7. The van der Waals surface area contributed by atoms with Crippen LogP contribution in [0, 0.1) is 0 Å². The monoisotopic (exact) mass is 274 g/mol. The molecular formula is C16H18O4. The molecule has 0 aromatic heterocycles. The van der Waals surface area contributed by atoms with Crippen LogP contribution in [0.3, 0.4) is 0 Å². The highest BCUT2D eigenvalue weighted by Gasteiger charge is 2.13. The van der Waals surface area contributed by atoms with Gasteiger partial charge in [-0.1, -0.05) is 18.2 Å². The van der Waals surface area contributed by atoms with Gasteiger partial charge in [0.25, 0.3) is 0 Å². The number of rotatable bonds is 5. The summed E-state index contributed by atoms with van der Waals surface area (Å²) in [5, 5.41) is 0. The Kier molecular flexibility index (Phi) is 4.82. The number of aldehydes is 1. The second-order valence-electron chi connectivity index (χ2n) is 4.41. The second-order valence-corrected chi connectivity index (χ2v) is 4.41. The van der Waals surface area contributed by atoms with E-state index in [1.54, 1.807) is 14.2 Å². The Morgan fingerprint density at radius 3 is 2.80 bits per heavy atom. The highest BCUT2D eigenvalue weighted by molar-refractivity contribution is 5.74. The maximum absolute atomic E-state index is 11.1. The highest BCUT2D eigenvalue weighted by atomic mass is 16.5. The molecule has 0 N–H and O–H groups in total. The molecule has 0 radical (unpaired) electrons. The Hall–Kier alpha value is -2.23. The standard InChI is InChI=1S/C16H18O4/c1-18-14-7-6-12(15(10-14)19-2)9-16-13(11-17)5-3-4-8-20-16/h3-4,6-7,10-11H,5,8-9H2,1-2H3. The fourth-order valence-corrected chi connectivity index (χ4v) is 2.08. The van der Waals surface area contributed by atoms with Crippen LogP contribution in [0.5, 0.6) is 11.5 Å². The summed E-state index contributed by atoms with van der Waals surface area (Å²) in [7, 11) is 3.23. The largest absolute Gasteiger partial charge is 0.497 e. The number of ether oxygens (including phenoxy) is 3. The summed E-state index contributed by atoms with van der Waals surface area (Å²) in [5.74, 6) is 2.16. The Balaban J connectivity index is 2.28. The first-order chi connectivity index (χ1) is 9.78. The van der Waals surface area contributed by atoms with Crippen LogP contribution < -0.4 is 9.47 Å². The SMILES string of the molecule is COc1ccc(CC2=C(C=O)CC=CCO2)c(OC)c1. The van der Waals surface area contributed by atoms with Gasteiger partial charge in [0.1, 0.15) is 30.2 Å². The van der Waals surface area contributed by atoms with E-state index in [2.05, 4.69) is 0 Å². The van der Waals surface area contributed by atoms with E-state index in [1.807, 2.05) is 30.4 Å². The fourth-order valence-electron chi connectivity index (χ4n) is 2.08. The quantitative estimate of drug-likeness (QED) is 0.611. The summed E-state index contributed by atoms with van der Waals surface area (Å²) in [6, 6.07) is 5.62. The van der Waals surface area contributed by atoms with Crippen molar-refractivity contribution in [3.63, 3.8) is 0 Å². The average molecular weight is 274 g/mol. The van der Waals surface area contributed by atoms with Crippen molar-refractivity contribution in [1.29, 1.82) is 0 Å². The van der Waals surface area contributed by atoms with Gasteiger partial charge >= 0.3 is 0 Å². The number of benzene rings is 1. The molecule has 0 atom stereocenters. The van der Waals surface area contributed by atoms with E-state index in [0.29, 0.717) is 30.8 Å². The third-order valence-electron chi connectivity index (χ3n) is 3.20. The minimum atomic E-state index is 0.491. The molecule has 0 aliphatic carbocycles. The van der Waals surface area contributed by atoms with E-state index in [-0.39, 0.29) is 0 Å². The van der Waals surface area contributed by atoms with Crippen LogP contribution in [-0.2, 0) is 16.0 Å². The van der Waals surface area contributed by atoms with E-state index >= 15 is 0 Å². The average Bonchev–Trinajstić information content (AvgIpc) is 2.72. The van der Waals surface area contributed by atoms with Gasteiger partial charge in [0.05, 0.1) is 14.2 Å². The normalized spacial score (nSPS) is 14.5. The molecule has 0 spiro atoms. The maximum Gasteiger partial charge on any atom is 0.149 e. The van der Waals surface area contributed by atoms with Crippen LogP contribution >= 0.6 is 0 Å². The number of allylic oxidation sites excluding steroid dienone is 3. The van der Waals surface area contributed by atoms with Crippen molar-refractivity contribution in [2.45, 2.75) is 12.8 Å². The zero-order chi connectivity index (χ0) is 14.4. The van der Waals surface area contributed by atoms with E-state index in [0.717, 1.165) is 23.3 Å². The predicted octanol–water partition coefficient (Wildman–Crippen LogP) is 2.68. The van der Waals surface area contributed by atoms with Crippen LogP contribution in [0.2, 0.25) is 0 Å². The van der Waals surface area contributed by atoms with Crippen molar-refractivity contribution in [1.82, 2.24) is 0 Å². The molecule has 0 fully saturated rings. The minimum absolute atomic E-state index is 0.491. The molecule has 0 saturated heterocycles. The number of carbonyl (C=O) groups excluding carboxylic acids is 1. The molecule has 2 rings (SSSR count). The lowest BCUT2D eigenvalue weighted by Crippen LogP contribution is -2.03. The molecule has 1 aromatic rings. The van der Waals surface area contributed by atoms with Gasteiger partial charge in [-0.05, 0) is 12.5 Å². The molecule has 0 bridgehead atoms. The van der Waals surface area contributed by atoms with Crippen molar-refractivity contribution in [2.75, 3.05) is 20.8 Å². The number of hydrogen-bond acceptors (Lipinski definition) is 4. The first kappa shape index (κ1) is 14.2. The van der Waals surface area contributed by atoms with Crippen molar-refractivity contribution >= 4 is 6.29 Å². The van der Waals surface area contributed by atoms with Crippen LogP contribution in [0.15, 0.2) is 41.7 Å². The summed E-state index contributed by atoms with van der Waals surface area (Å²) in [4.78, 5) is 11.1. The maximum atomic E-state index is 11.1. The smallest absolute Gasteiger partial charge is 0.149 e. The van der Waals surface area contributed by atoms with Gasteiger partial charge in [-0.2, -0.15) is 0 Å². The molecule has 0 unspecified atom stereocenters. The lowest BCUT2D eigenvalue weighted by atomic mass is 10.0. The zero-order valence-corrected chi connectivity index (χ0v) is 11.7. The van der Waals surface area contributed by atoms with E-state index in [4.69, 9.17) is 14.2 Å². The number of methoxy groups -OCH3 is 2. The van der Waals surface area contributed by atoms with Gasteiger partial charge in [-0.3, -0.25) is 4.79 Å². The summed E-state index contributed by atoms with van der Waals surface area (Å²) in [6.07, 6.45) is 5.87. The molecule has 1 aliphatic heterocycles. The van der Waals surface area contributed by atoms with Crippen LogP contribution in [0.1, 0.15) is 12.0 Å². The molecule has 106 valence electrons. The van der Waals surface area contributed by atoms with Crippen molar-refractivity contribution in [2.24, 2.45) is 0 Å². The van der Waals surface area contributed by atoms with E-state index in [9.17, 15) is 4.79 Å². The Bertz CT molecular complexity index is 543. The molecule has 4 nitrogen and oxygen atoms in total. The van der Waals surface area contributed by atoms with E-state index in [1.165, 1.54) is 0 Å². The third kappa shape index (κ3) is 3.20. The van der Waals surface area contributed by atoms with Gasteiger partial charge < -0.3 is 14.2 Å². The highest BCUT2D eigenvalue weighted by Crippen LogP contribution is 2.28. The molecule has 20 heavy (non-hydrogen) atoms. The molecule has 1 aliphatic rings. The predicted molar refractivity (Wildman–Crippen MR) is 76.0 cm³/mol. The van der Waals surface area contributed by atoms with Gasteiger partial charge in [-0.15, -0.1) is 0 Å². The Labute approximate surface area is 118 Å². The minimum Gasteiger partial charge on any atom is -0.497 e. The van der Waals surface area contributed by atoms with Crippen molar-refractivity contribution in [3.05, 3.63) is 47.2 Å². The fraction of sp³-hybridized carbons (Fsp3) is 0.312. The molecule has 0 saturated carbocycles. The molecule has 1 aromatic carbocycles. The summed E-state index contributed by atoms with van der Waals surface area (Å²) in [6.45, 7) is 0.491. The van der Waals surface area contributed by atoms with Crippen molar-refractivity contribution < 1.29 is 19.0 Å². The number of hydrogen-bond donors (Lipinski definition) is 0. The van der Waals surface area contributed by atoms with Crippen LogP contribution in [0.25, 0.3) is 0 Å². The molecular weight excluding hydrogens is 256 g/mol. The Morgan fingerprint density at radius 1 is 1.25 bits per heavy atom. The summed E-state index contributed by atoms with van der Waals surface area (Å²) >= 11 is 0. The van der Waals surface area contributed by atoms with Gasteiger partial charge in [0, 0.05) is 23.6 Å². The molecule has 0 amide bonds. The summed E-state index contributed by atoms with van der Waals surface area (Å²) < 4.78 is 16.2. The number of carbonyl (C=O) groups is 1. The first-order valence-corrected chi connectivity index (χ1v) is 6.44. The lowest BCUT2D eigenvalue weighted by molar-refractivity contribution is -0.105. The van der Waals surface area contributed by atoms with Gasteiger partial charge in [0.2, 0.25) is 0 Å². The second kappa shape index (κ2) is 6.80. The van der Waals surface area contributed by atoms with Gasteiger partial charge in [0.15, 0.2) is 0 Å². The van der Waals surface area contributed by atoms with E-state index < -0.39 is 0 Å². The molecule has 4 heteroatoms. The Morgan fingerprint density at radius 2 is 2.10 bits per heavy atom. The van der Waals surface area contributed by atoms with Crippen molar-refractivity contribution in [3.8, 4) is 11.5 Å². The lowest BCUT2D eigenvalue weighted by Gasteiger charge is -2.14. The topological polar surface area (TPSA) is 44.8 Å². The third-order valence-corrected chi connectivity index (χ3v) is 3.20. The first-order valence-electron chi connectivity index (χ1n) is 6.44.